The highest BCUT2D eigenvalue weighted by molar-refractivity contribution is 6.14. The molecule has 0 spiro atoms. The highest BCUT2D eigenvalue weighted by atomic mass is 15.2. The van der Waals surface area contributed by atoms with Gasteiger partial charge in [-0.05, 0) is 47.5 Å². The van der Waals surface area contributed by atoms with Crippen LogP contribution in [-0.4, -0.2) is 34.1 Å². The Labute approximate surface area is 356 Å². The van der Waals surface area contributed by atoms with Crippen molar-refractivity contribution in [2.45, 2.75) is 0 Å². The van der Waals surface area contributed by atoms with Gasteiger partial charge in [-0.3, -0.25) is 4.57 Å². The lowest BCUT2D eigenvalue weighted by Crippen LogP contribution is -2.06. The molecule has 0 aliphatic carbocycles. The van der Waals surface area contributed by atoms with Crippen molar-refractivity contribution in [3.8, 4) is 68.2 Å². The largest absolute Gasteiger partial charge is 0.306 e. The molecule has 0 saturated heterocycles. The summed E-state index contributed by atoms with van der Waals surface area (Å²) in [5.74, 6) is 2.46. The molecule has 0 aliphatic heterocycles. The molecule has 62 heavy (non-hydrogen) atoms. The van der Waals surface area contributed by atoms with Gasteiger partial charge in [0.05, 0.1) is 27.8 Å². The zero-order valence-corrected chi connectivity index (χ0v) is 33.3. The van der Waals surface area contributed by atoms with E-state index in [1.54, 1.807) is 0 Å². The van der Waals surface area contributed by atoms with E-state index in [1.807, 2.05) is 84.9 Å². The summed E-state index contributed by atoms with van der Waals surface area (Å²) in [6.45, 7) is 0. The minimum Gasteiger partial charge on any atom is -0.306 e. The third-order valence-corrected chi connectivity index (χ3v) is 11.6. The smallest absolute Gasteiger partial charge is 0.238 e. The summed E-state index contributed by atoms with van der Waals surface area (Å²) in [7, 11) is 0. The van der Waals surface area contributed by atoms with Crippen molar-refractivity contribution in [1.29, 1.82) is 0 Å². The number of hydrogen-bond donors (Lipinski definition) is 0. The first-order chi connectivity index (χ1) is 30.7. The Balaban J connectivity index is 1.14. The summed E-state index contributed by atoms with van der Waals surface area (Å²) in [5.41, 5.74) is 12.8. The van der Waals surface area contributed by atoms with E-state index in [4.69, 9.17) is 24.9 Å². The van der Waals surface area contributed by atoms with Crippen LogP contribution in [0.2, 0.25) is 0 Å². The number of aromatic nitrogens is 7. The minimum atomic E-state index is 0.551. The van der Waals surface area contributed by atoms with Crippen molar-refractivity contribution < 1.29 is 0 Å². The Morgan fingerprint density at radius 2 is 0.774 bits per heavy atom. The lowest BCUT2D eigenvalue weighted by Gasteiger charge is -2.13. The maximum atomic E-state index is 5.40. The van der Waals surface area contributed by atoms with Gasteiger partial charge in [-0.25, -0.2) is 15.0 Å². The standard InChI is InChI=1S/C55H35N7/c1-6-18-36(19-7-1)41-30-32-48-45(34-41)50-51(49(37-20-8-2-9-21-37)56-52(57-50)38-22-10-3-11-23-38)61(48)42-31-33-47-44(35-42)43-28-16-17-29-46(43)62(47)55-59-53(39-24-12-4-13-25-39)58-54(60-55)40-26-14-5-15-27-40/h1-35H. The number of fused-ring (bicyclic) bond motifs is 6. The molecule has 7 nitrogen and oxygen atoms in total. The van der Waals surface area contributed by atoms with E-state index in [2.05, 4.69) is 137 Å². The zero-order chi connectivity index (χ0) is 41.0. The summed E-state index contributed by atoms with van der Waals surface area (Å²) >= 11 is 0. The maximum Gasteiger partial charge on any atom is 0.238 e. The number of hydrogen-bond acceptors (Lipinski definition) is 5. The van der Waals surface area contributed by atoms with Crippen LogP contribution in [0.5, 0.6) is 0 Å². The molecule has 290 valence electrons. The molecule has 0 fully saturated rings. The Morgan fingerprint density at radius 1 is 0.290 bits per heavy atom. The van der Waals surface area contributed by atoms with Crippen molar-refractivity contribution in [2.24, 2.45) is 0 Å². The van der Waals surface area contributed by atoms with Gasteiger partial charge in [0.1, 0.15) is 5.52 Å². The van der Waals surface area contributed by atoms with E-state index in [0.29, 0.717) is 23.4 Å². The molecule has 0 unspecified atom stereocenters. The fraction of sp³-hybridized carbons (Fsp3) is 0. The first-order valence-electron chi connectivity index (χ1n) is 20.7. The summed E-state index contributed by atoms with van der Waals surface area (Å²) in [6, 6.07) is 73.3. The first-order valence-corrected chi connectivity index (χ1v) is 20.7. The van der Waals surface area contributed by atoms with Crippen molar-refractivity contribution >= 4 is 43.7 Å². The van der Waals surface area contributed by atoms with Crippen LogP contribution in [0.3, 0.4) is 0 Å². The number of rotatable bonds is 7. The van der Waals surface area contributed by atoms with Crippen LogP contribution in [0.25, 0.3) is 112 Å². The molecule has 0 amide bonds. The molecule has 0 N–H and O–H groups in total. The van der Waals surface area contributed by atoms with Crippen molar-refractivity contribution in [2.75, 3.05) is 0 Å². The van der Waals surface area contributed by atoms with E-state index in [-0.39, 0.29) is 0 Å². The lowest BCUT2D eigenvalue weighted by atomic mass is 10.0. The van der Waals surface area contributed by atoms with Crippen LogP contribution in [-0.2, 0) is 0 Å². The highest BCUT2D eigenvalue weighted by Crippen LogP contribution is 2.41. The Kier molecular flexibility index (Phi) is 8.35. The van der Waals surface area contributed by atoms with Gasteiger partial charge in [0, 0.05) is 44.1 Å². The van der Waals surface area contributed by atoms with Gasteiger partial charge in [0.2, 0.25) is 5.95 Å². The molecule has 8 aromatic carbocycles. The molecule has 0 saturated carbocycles. The minimum absolute atomic E-state index is 0.551. The average Bonchev–Trinajstić information content (AvgIpc) is 3.87. The van der Waals surface area contributed by atoms with Crippen molar-refractivity contribution in [3.05, 3.63) is 212 Å². The van der Waals surface area contributed by atoms with Crippen LogP contribution in [0, 0.1) is 0 Å². The van der Waals surface area contributed by atoms with E-state index < -0.39 is 0 Å². The quantitative estimate of drug-likeness (QED) is 0.161. The van der Waals surface area contributed by atoms with Crippen LogP contribution in [0.4, 0.5) is 0 Å². The van der Waals surface area contributed by atoms with Gasteiger partial charge >= 0.3 is 0 Å². The predicted molar refractivity (Wildman–Crippen MR) is 251 cm³/mol. The molecule has 4 heterocycles. The van der Waals surface area contributed by atoms with Crippen LogP contribution in [0.1, 0.15) is 0 Å². The average molecular weight is 794 g/mol. The van der Waals surface area contributed by atoms with Crippen LogP contribution >= 0.6 is 0 Å². The van der Waals surface area contributed by atoms with Crippen molar-refractivity contribution in [3.63, 3.8) is 0 Å². The third kappa shape index (κ3) is 5.94. The number of para-hydroxylation sites is 1. The van der Waals surface area contributed by atoms with Gasteiger partial charge in [-0.15, -0.1) is 0 Å². The van der Waals surface area contributed by atoms with Gasteiger partial charge in [0.15, 0.2) is 17.5 Å². The molecular weight excluding hydrogens is 759 g/mol. The Hall–Kier alpha value is -8.55. The second kappa shape index (κ2) is 14.6. The topological polar surface area (TPSA) is 74.3 Å². The summed E-state index contributed by atoms with van der Waals surface area (Å²) in [4.78, 5) is 26.1. The second-order valence-electron chi connectivity index (χ2n) is 15.3. The molecule has 0 bridgehead atoms. The SMILES string of the molecule is c1ccc(-c2ccc3c(c2)c2nc(-c4ccccc4)nc(-c4ccccc4)c2n3-c2ccc3c(c2)c2ccccc2n3-c2nc(-c3ccccc3)nc(-c3ccccc3)n2)cc1. The van der Waals surface area contributed by atoms with Gasteiger partial charge in [0.25, 0.3) is 0 Å². The summed E-state index contributed by atoms with van der Waals surface area (Å²) < 4.78 is 4.50. The van der Waals surface area contributed by atoms with E-state index in [1.165, 1.54) is 0 Å². The summed E-state index contributed by atoms with van der Waals surface area (Å²) in [6.07, 6.45) is 0. The van der Waals surface area contributed by atoms with Gasteiger partial charge < -0.3 is 4.57 Å². The second-order valence-corrected chi connectivity index (χ2v) is 15.3. The van der Waals surface area contributed by atoms with Gasteiger partial charge in [-0.2, -0.15) is 9.97 Å². The lowest BCUT2D eigenvalue weighted by molar-refractivity contribution is 0.953. The fourth-order valence-electron chi connectivity index (χ4n) is 8.70. The van der Waals surface area contributed by atoms with Crippen LogP contribution < -0.4 is 0 Å². The molecular formula is C55H35N7. The van der Waals surface area contributed by atoms with Gasteiger partial charge in [-0.1, -0.05) is 176 Å². The van der Waals surface area contributed by atoms with Crippen LogP contribution in [0.15, 0.2) is 212 Å². The molecule has 0 atom stereocenters. The molecule has 0 radical (unpaired) electrons. The molecule has 12 aromatic rings. The van der Waals surface area contributed by atoms with Crippen molar-refractivity contribution in [1.82, 2.24) is 34.1 Å². The molecule has 12 rings (SSSR count). The fourth-order valence-corrected chi connectivity index (χ4v) is 8.70. The van der Waals surface area contributed by atoms with E-state index >= 15 is 0 Å². The first kappa shape index (κ1) is 35.4. The molecule has 7 heteroatoms. The summed E-state index contributed by atoms with van der Waals surface area (Å²) in [5, 5.41) is 3.21. The molecule has 4 aromatic heterocycles. The monoisotopic (exact) mass is 793 g/mol. The predicted octanol–water partition coefficient (Wildman–Crippen LogP) is 13.2. The Morgan fingerprint density at radius 3 is 1.39 bits per heavy atom. The number of nitrogens with zero attached hydrogens (tertiary/aromatic N) is 7. The molecule has 0 aliphatic rings. The Bertz CT molecular complexity index is 3550. The number of benzene rings is 8. The van der Waals surface area contributed by atoms with E-state index in [9.17, 15) is 0 Å². The normalized spacial score (nSPS) is 11.5. The van der Waals surface area contributed by atoms with E-state index in [0.717, 1.165) is 88.5 Å². The highest BCUT2D eigenvalue weighted by Gasteiger charge is 2.24. The maximum absolute atomic E-state index is 5.40. The third-order valence-electron chi connectivity index (χ3n) is 11.6. The zero-order valence-electron chi connectivity index (χ0n) is 33.3.